The molecule has 0 saturated heterocycles. The fourth-order valence-electron chi connectivity index (χ4n) is 1.82. The number of amides is 1. The second kappa shape index (κ2) is 6.43. The lowest BCUT2D eigenvalue weighted by atomic mass is 10.2. The number of nitrogens with one attached hydrogen (secondary N) is 1. The molecule has 23 heavy (non-hydrogen) atoms. The van der Waals surface area contributed by atoms with E-state index in [-0.39, 0.29) is 16.1 Å². The van der Waals surface area contributed by atoms with Crippen LogP contribution in [0.25, 0.3) is 0 Å². The average Bonchev–Trinajstić information content (AvgIpc) is 2.46. The van der Waals surface area contributed by atoms with Crippen LogP contribution < -0.4 is 5.32 Å². The van der Waals surface area contributed by atoms with E-state index in [2.05, 4.69) is 5.32 Å². The Morgan fingerprint density at radius 3 is 2.00 bits per heavy atom. The normalized spacial score (nSPS) is 11.5. The Labute approximate surface area is 132 Å². The lowest BCUT2D eigenvalue weighted by molar-refractivity contribution is 0.102. The van der Waals surface area contributed by atoms with Crippen LogP contribution in [-0.2, 0) is 10.0 Å². The number of nitrogens with zero attached hydrogens (tertiary/aromatic N) is 1. The summed E-state index contributed by atoms with van der Waals surface area (Å²) >= 11 is 0. The smallest absolute Gasteiger partial charge is 0.255 e. The zero-order chi connectivity index (χ0) is 17.2. The third-order valence-electron chi connectivity index (χ3n) is 3.02. The summed E-state index contributed by atoms with van der Waals surface area (Å²) < 4.78 is 51.1. The van der Waals surface area contributed by atoms with Gasteiger partial charge in [-0.2, -0.15) is 0 Å². The van der Waals surface area contributed by atoms with Crippen LogP contribution >= 0.6 is 0 Å². The molecule has 1 N–H and O–H groups in total. The summed E-state index contributed by atoms with van der Waals surface area (Å²) in [5.41, 5.74) is 0.130. The van der Waals surface area contributed by atoms with Gasteiger partial charge in [0.1, 0.15) is 11.6 Å². The van der Waals surface area contributed by atoms with Crippen molar-refractivity contribution in [2.45, 2.75) is 4.90 Å². The zero-order valence-electron chi connectivity index (χ0n) is 12.4. The molecule has 0 bridgehead atoms. The first-order valence-electron chi connectivity index (χ1n) is 6.50. The molecule has 0 saturated carbocycles. The number of carbonyl (C=O) groups is 1. The fraction of sp³-hybridized carbons (Fsp3) is 0.133. The molecule has 2 aromatic rings. The van der Waals surface area contributed by atoms with Crippen molar-refractivity contribution in [3.63, 3.8) is 0 Å². The van der Waals surface area contributed by atoms with Crippen LogP contribution in [0.4, 0.5) is 14.5 Å². The van der Waals surface area contributed by atoms with Crippen molar-refractivity contribution in [2.24, 2.45) is 0 Å². The van der Waals surface area contributed by atoms with E-state index in [4.69, 9.17) is 0 Å². The summed E-state index contributed by atoms with van der Waals surface area (Å²) in [5.74, 6) is -2.23. The first-order chi connectivity index (χ1) is 10.7. The summed E-state index contributed by atoms with van der Waals surface area (Å²) in [5, 5.41) is 2.34. The second-order valence-electron chi connectivity index (χ2n) is 4.92. The maximum atomic E-state index is 13.1. The lowest BCUT2D eigenvalue weighted by Gasteiger charge is -2.11. The highest BCUT2D eigenvalue weighted by atomic mass is 32.2. The van der Waals surface area contributed by atoms with Gasteiger partial charge < -0.3 is 5.32 Å². The molecule has 0 atom stereocenters. The van der Waals surface area contributed by atoms with E-state index in [0.29, 0.717) is 6.07 Å². The Hall–Kier alpha value is -2.32. The molecular formula is C15H14F2N2O3S. The quantitative estimate of drug-likeness (QED) is 0.930. The average molecular weight is 340 g/mol. The van der Waals surface area contributed by atoms with Crippen LogP contribution in [0.3, 0.4) is 0 Å². The van der Waals surface area contributed by atoms with E-state index < -0.39 is 27.6 Å². The van der Waals surface area contributed by atoms with Gasteiger partial charge in [0.05, 0.1) is 4.90 Å². The number of hydrogen-bond acceptors (Lipinski definition) is 3. The van der Waals surface area contributed by atoms with E-state index in [9.17, 15) is 22.0 Å². The lowest BCUT2D eigenvalue weighted by Crippen LogP contribution is -2.22. The van der Waals surface area contributed by atoms with Crippen molar-refractivity contribution in [3.8, 4) is 0 Å². The van der Waals surface area contributed by atoms with Crippen LogP contribution in [0.1, 0.15) is 10.4 Å². The Morgan fingerprint density at radius 1 is 1.00 bits per heavy atom. The maximum absolute atomic E-state index is 13.1. The molecule has 122 valence electrons. The van der Waals surface area contributed by atoms with E-state index in [1.54, 1.807) is 0 Å². The molecule has 0 aliphatic rings. The topological polar surface area (TPSA) is 66.5 Å². The Kier molecular flexibility index (Phi) is 4.76. The highest BCUT2D eigenvalue weighted by Gasteiger charge is 2.17. The fourth-order valence-corrected chi connectivity index (χ4v) is 2.72. The van der Waals surface area contributed by atoms with Crippen molar-refractivity contribution in [1.82, 2.24) is 4.31 Å². The third kappa shape index (κ3) is 3.91. The maximum Gasteiger partial charge on any atom is 0.255 e. The van der Waals surface area contributed by atoms with Crippen molar-refractivity contribution >= 4 is 21.6 Å². The van der Waals surface area contributed by atoms with Gasteiger partial charge >= 0.3 is 0 Å². The summed E-state index contributed by atoms with van der Waals surface area (Å²) in [6.07, 6.45) is 0. The van der Waals surface area contributed by atoms with Gasteiger partial charge in [-0.25, -0.2) is 21.5 Å². The van der Waals surface area contributed by atoms with E-state index in [1.807, 2.05) is 0 Å². The predicted molar refractivity (Wildman–Crippen MR) is 81.6 cm³/mol. The molecule has 0 radical (unpaired) electrons. The standard InChI is InChI=1S/C15H14F2N2O3S/c1-19(2)23(21,22)14-5-3-10(4-6-14)15(20)18-13-8-11(16)7-12(17)9-13/h3-9H,1-2H3,(H,18,20). The first kappa shape index (κ1) is 17.0. The van der Waals surface area contributed by atoms with Gasteiger partial charge in [0.15, 0.2) is 0 Å². The molecule has 8 heteroatoms. The molecule has 0 heterocycles. The molecule has 5 nitrogen and oxygen atoms in total. The summed E-state index contributed by atoms with van der Waals surface area (Å²) in [6.45, 7) is 0. The van der Waals surface area contributed by atoms with Gasteiger partial charge in [0, 0.05) is 31.4 Å². The largest absolute Gasteiger partial charge is 0.322 e. The van der Waals surface area contributed by atoms with Gasteiger partial charge in [-0.1, -0.05) is 0 Å². The number of anilines is 1. The highest BCUT2D eigenvalue weighted by molar-refractivity contribution is 7.89. The third-order valence-corrected chi connectivity index (χ3v) is 4.84. The number of halogens is 2. The van der Waals surface area contributed by atoms with Gasteiger partial charge in [0.25, 0.3) is 5.91 Å². The Morgan fingerprint density at radius 2 is 1.52 bits per heavy atom. The van der Waals surface area contributed by atoms with E-state index >= 15 is 0 Å². The number of carbonyl (C=O) groups excluding carboxylic acids is 1. The predicted octanol–water partition coefficient (Wildman–Crippen LogP) is 2.47. The highest BCUT2D eigenvalue weighted by Crippen LogP contribution is 2.17. The summed E-state index contributed by atoms with van der Waals surface area (Å²) in [6, 6.07) is 7.86. The van der Waals surface area contributed by atoms with Crippen molar-refractivity contribution < 1.29 is 22.0 Å². The van der Waals surface area contributed by atoms with Crippen LogP contribution in [-0.4, -0.2) is 32.7 Å². The minimum Gasteiger partial charge on any atom is -0.322 e. The number of benzene rings is 2. The monoisotopic (exact) mass is 340 g/mol. The van der Waals surface area contributed by atoms with Gasteiger partial charge in [-0.05, 0) is 36.4 Å². The van der Waals surface area contributed by atoms with Crippen LogP contribution in [0, 0.1) is 11.6 Å². The molecular weight excluding hydrogens is 326 g/mol. The van der Waals surface area contributed by atoms with Crippen LogP contribution in [0.2, 0.25) is 0 Å². The summed E-state index contributed by atoms with van der Waals surface area (Å²) in [4.78, 5) is 12.1. The van der Waals surface area contributed by atoms with Crippen molar-refractivity contribution in [2.75, 3.05) is 19.4 Å². The Balaban J connectivity index is 2.21. The van der Waals surface area contributed by atoms with Gasteiger partial charge in [0.2, 0.25) is 10.0 Å². The molecule has 0 unspecified atom stereocenters. The minimum absolute atomic E-state index is 0.0301. The molecule has 0 aliphatic carbocycles. The van der Waals surface area contributed by atoms with Crippen LogP contribution in [0.5, 0.6) is 0 Å². The molecule has 2 aromatic carbocycles. The minimum atomic E-state index is -3.59. The van der Waals surface area contributed by atoms with Crippen molar-refractivity contribution in [1.29, 1.82) is 0 Å². The zero-order valence-corrected chi connectivity index (χ0v) is 13.2. The molecule has 0 aliphatic heterocycles. The van der Waals surface area contributed by atoms with E-state index in [1.165, 1.54) is 38.4 Å². The van der Waals surface area contributed by atoms with Crippen molar-refractivity contribution in [3.05, 3.63) is 59.7 Å². The molecule has 1 amide bonds. The number of hydrogen-bond donors (Lipinski definition) is 1. The molecule has 0 fully saturated rings. The first-order valence-corrected chi connectivity index (χ1v) is 7.94. The summed E-state index contributed by atoms with van der Waals surface area (Å²) in [7, 11) is -0.792. The second-order valence-corrected chi connectivity index (χ2v) is 7.08. The molecule has 2 rings (SSSR count). The number of sulfonamides is 1. The molecule has 0 spiro atoms. The Bertz CT molecular complexity index is 814. The molecule has 0 aromatic heterocycles. The van der Waals surface area contributed by atoms with Gasteiger partial charge in [-0.15, -0.1) is 0 Å². The van der Waals surface area contributed by atoms with E-state index in [0.717, 1.165) is 16.4 Å². The van der Waals surface area contributed by atoms with Crippen LogP contribution in [0.15, 0.2) is 47.4 Å². The SMILES string of the molecule is CN(C)S(=O)(=O)c1ccc(C(=O)Nc2cc(F)cc(F)c2)cc1. The number of rotatable bonds is 4. The van der Waals surface area contributed by atoms with Gasteiger partial charge in [-0.3, -0.25) is 4.79 Å².